The molecule has 0 unspecified atom stereocenters. The minimum atomic E-state index is -0.317. The molecule has 0 N–H and O–H groups in total. The first-order chi connectivity index (χ1) is 6.17. The topological polar surface area (TPSA) is 31.6 Å². The van der Waals surface area contributed by atoms with Crippen molar-refractivity contribution in [2.45, 2.75) is 13.8 Å². The van der Waals surface area contributed by atoms with Gasteiger partial charge in [-0.1, -0.05) is 13.8 Å². The molecule has 0 saturated carbocycles. The fraction of sp³-hybridized carbons (Fsp3) is 0.556. The molecule has 1 fully saturated rings. The van der Waals surface area contributed by atoms with Crippen LogP contribution in [0.4, 0.5) is 0 Å². The molecular formula is C9H13BO3. The molecule has 0 amide bonds. The lowest BCUT2D eigenvalue weighted by Gasteiger charge is -2.32. The monoisotopic (exact) mass is 180 g/mol. The van der Waals surface area contributed by atoms with Crippen molar-refractivity contribution in [1.82, 2.24) is 0 Å². The molecule has 1 aromatic rings. The Hall–Kier alpha value is -0.735. The van der Waals surface area contributed by atoms with E-state index in [1.807, 2.05) is 12.1 Å². The molecule has 2 rings (SSSR count). The van der Waals surface area contributed by atoms with Crippen LogP contribution >= 0.6 is 0 Å². The minimum Gasteiger partial charge on any atom is -0.473 e. The Morgan fingerprint density at radius 1 is 1.31 bits per heavy atom. The molecule has 13 heavy (non-hydrogen) atoms. The zero-order chi connectivity index (χ0) is 9.31. The predicted octanol–water partition coefficient (Wildman–Crippen LogP) is 1.05. The van der Waals surface area contributed by atoms with Crippen LogP contribution in [0.3, 0.4) is 0 Å². The summed E-state index contributed by atoms with van der Waals surface area (Å²) in [4.78, 5) is 0. The fourth-order valence-electron chi connectivity index (χ4n) is 1.28. The maximum absolute atomic E-state index is 5.52. The van der Waals surface area contributed by atoms with Crippen molar-refractivity contribution in [2.24, 2.45) is 5.41 Å². The van der Waals surface area contributed by atoms with Crippen LogP contribution in [-0.4, -0.2) is 20.3 Å². The van der Waals surface area contributed by atoms with Gasteiger partial charge in [-0.05, 0) is 12.1 Å². The quantitative estimate of drug-likeness (QED) is 0.605. The van der Waals surface area contributed by atoms with E-state index in [4.69, 9.17) is 13.7 Å². The van der Waals surface area contributed by atoms with E-state index in [0.717, 1.165) is 5.66 Å². The molecule has 0 aliphatic carbocycles. The number of rotatable bonds is 1. The normalized spacial score (nSPS) is 21.8. The molecule has 0 aromatic carbocycles. The van der Waals surface area contributed by atoms with Gasteiger partial charge in [0.25, 0.3) is 0 Å². The van der Waals surface area contributed by atoms with Gasteiger partial charge in [-0.25, -0.2) is 0 Å². The summed E-state index contributed by atoms with van der Waals surface area (Å²) in [7, 11) is -0.317. The average Bonchev–Trinajstić information content (AvgIpc) is 2.56. The summed E-state index contributed by atoms with van der Waals surface area (Å²) in [5.41, 5.74) is 0.860. The largest absolute Gasteiger partial charge is 0.531 e. The second kappa shape index (κ2) is 3.20. The highest BCUT2D eigenvalue weighted by Gasteiger charge is 2.35. The number of furan rings is 1. The summed E-state index contributed by atoms with van der Waals surface area (Å²) in [6.07, 6.45) is 1.63. The molecule has 1 aromatic heterocycles. The SMILES string of the molecule is CC1(C)COB(c2ccco2)OC1. The van der Waals surface area contributed by atoms with Crippen molar-refractivity contribution in [3.8, 4) is 0 Å². The second-order valence-electron chi connectivity index (χ2n) is 4.13. The van der Waals surface area contributed by atoms with E-state index in [-0.39, 0.29) is 12.5 Å². The molecule has 0 bridgehead atoms. The van der Waals surface area contributed by atoms with E-state index < -0.39 is 0 Å². The summed E-state index contributed by atoms with van der Waals surface area (Å²) in [6, 6.07) is 3.70. The zero-order valence-corrected chi connectivity index (χ0v) is 7.95. The summed E-state index contributed by atoms with van der Waals surface area (Å²) in [5, 5.41) is 0. The smallest absolute Gasteiger partial charge is 0.473 e. The van der Waals surface area contributed by atoms with Gasteiger partial charge in [-0.15, -0.1) is 0 Å². The fourth-order valence-corrected chi connectivity index (χ4v) is 1.28. The lowest BCUT2D eigenvalue weighted by molar-refractivity contribution is 0.0326. The van der Waals surface area contributed by atoms with Crippen molar-refractivity contribution in [3.05, 3.63) is 18.4 Å². The molecule has 0 spiro atoms. The summed E-state index contributed by atoms with van der Waals surface area (Å²) in [6.45, 7) is 5.65. The summed E-state index contributed by atoms with van der Waals surface area (Å²) in [5.74, 6) is 0. The van der Waals surface area contributed by atoms with Crippen LogP contribution in [0.15, 0.2) is 22.8 Å². The molecule has 1 aliphatic heterocycles. The molecule has 3 nitrogen and oxygen atoms in total. The van der Waals surface area contributed by atoms with Crippen molar-refractivity contribution in [3.63, 3.8) is 0 Å². The zero-order valence-electron chi connectivity index (χ0n) is 7.95. The van der Waals surface area contributed by atoms with Crippen molar-refractivity contribution in [2.75, 3.05) is 13.2 Å². The van der Waals surface area contributed by atoms with Gasteiger partial charge in [-0.2, -0.15) is 0 Å². The van der Waals surface area contributed by atoms with Crippen LogP contribution in [-0.2, 0) is 9.31 Å². The molecule has 1 aliphatic rings. The third-order valence-corrected chi connectivity index (χ3v) is 2.03. The van der Waals surface area contributed by atoms with Crippen molar-refractivity contribution >= 4 is 12.8 Å². The molecular weight excluding hydrogens is 167 g/mol. The average molecular weight is 180 g/mol. The van der Waals surface area contributed by atoms with Crippen LogP contribution in [0.1, 0.15) is 13.8 Å². The Morgan fingerprint density at radius 3 is 2.54 bits per heavy atom. The van der Waals surface area contributed by atoms with E-state index in [1.54, 1.807) is 6.26 Å². The minimum absolute atomic E-state index is 0.114. The lowest BCUT2D eigenvalue weighted by Crippen LogP contribution is -2.46. The van der Waals surface area contributed by atoms with E-state index in [9.17, 15) is 0 Å². The van der Waals surface area contributed by atoms with E-state index in [1.165, 1.54) is 0 Å². The standard InChI is InChI=1S/C9H13BO3/c1-9(2)6-12-10(13-7-9)8-4-3-5-11-8/h3-5H,6-7H2,1-2H3. The maximum Gasteiger partial charge on any atom is 0.531 e. The van der Waals surface area contributed by atoms with E-state index in [0.29, 0.717) is 13.2 Å². The van der Waals surface area contributed by atoms with Crippen LogP contribution in [0.5, 0.6) is 0 Å². The maximum atomic E-state index is 5.52. The predicted molar refractivity (Wildman–Crippen MR) is 49.8 cm³/mol. The van der Waals surface area contributed by atoms with E-state index in [2.05, 4.69) is 13.8 Å². The molecule has 2 heterocycles. The highest BCUT2D eigenvalue weighted by atomic mass is 16.6. The Morgan fingerprint density at radius 2 is 2.00 bits per heavy atom. The van der Waals surface area contributed by atoms with Gasteiger partial charge in [0.2, 0.25) is 0 Å². The second-order valence-corrected chi connectivity index (χ2v) is 4.13. The highest BCUT2D eigenvalue weighted by Crippen LogP contribution is 2.21. The third-order valence-electron chi connectivity index (χ3n) is 2.03. The van der Waals surface area contributed by atoms with Gasteiger partial charge in [0.05, 0.1) is 6.26 Å². The first kappa shape index (κ1) is 8.85. The molecule has 70 valence electrons. The highest BCUT2D eigenvalue weighted by molar-refractivity contribution is 6.59. The Balaban J connectivity index is 1.99. The number of hydrogen-bond donors (Lipinski definition) is 0. The van der Waals surface area contributed by atoms with Gasteiger partial charge in [0, 0.05) is 18.6 Å². The first-order valence-corrected chi connectivity index (χ1v) is 4.44. The Kier molecular flexibility index (Phi) is 2.18. The Labute approximate surface area is 78.2 Å². The van der Waals surface area contributed by atoms with Crippen LogP contribution in [0, 0.1) is 5.41 Å². The van der Waals surface area contributed by atoms with Gasteiger partial charge in [0.1, 0.15) is 5.66 Å². The van der Waals surface area contributed by atoms with Crippen LogP contribution in [0.25, 0.3) is 0 Å². The summed E-state index contributed by atoms with van der Waals surface area (Å²) < 4.78 is 16.2. The van der Waals surface area contributed by atoms with Crippen molar-refractivity contribution in [1.29, 1.82) is 0 Å². The van der Waals surface area contributed by atoms with Crippen molar-refractivity contribution < 1.29 is 13.7 Å². The Bertz CT molecular complexity index is 258. The van der Waals surface area contributed by atoms with Gasteiger partial charge < -0.3 is 13.7 Å². The van der Waals surface area contributed by atoms with Gasteiger partial charge in [0.15, 0.2) is 0 Å². The molecule has 0 atom stereocenters. The van der Waals surface area contributed by atoms with Crippen LogP contribution < -0.4 is 5.66 Å². The van der Waals surface area contributed by atoms with Gasteiger partial charge in [-0.3, -0.25) is 0 Å². The molecule has 0 radical (unpaired) electrons. The first-order valence-electron chi connectivity index (χ1n) is 4.44. The molecule has 4 heteroatoms. The number of hydrogen-bond acceptors (Lipinski definition) is 3. The summed E-state index contributed by atoms with van der Waals surface area (Å²) >= 11 is 0. The lowest BCUT2D eigenvalue weighted by atomic mass is 9.81. The third kappa shape index (κ3) is 1.95. The van der Waals surface area contributed by atoms with Gasteiger partial charge >= 0.3 is 7.12 Å². The van der Waals surface area contributed by atoms with E-state index >= 15 is 0 Å². The van der Waals surface area contributed by atoms with Crippen LogP contribution in [0.2, 0.25) is 0 Å². The molecule has 1 saturated heterocycles.